The third-order valence-electron chi connectivity index (χ3n) is 3.50. The van der Waals surface area contributed by atoms with Crippen molar-refractivity contribution in [3.05, 3.63) is 22.2 Å². The molecule has 2 heterocycles. The fourth-order valence-corrected chi connectivity index (χ4v) is 3.58. The molecule has 0 saturated carbocycles. The standard InChI is InChI=1S/C17H23N3O3S/c1-5-7-8-18-17(22)20-13-12-10(3)9-11(4)19-15(12)24-14(13)16(21)23-6-2/h9H,5-8H2,1-4H3,(H2,18,20,22). The largest absolute Gasteiger partial charge is 0.462 e. The monoisotopic (exact) mass is 349 g/mol. The Balaban J connectivity index is 2.42. The van der Waals surface area contributed by atoms with Gasteiger partial charge in [0, 0.05) is 17.6 Å². The lowest BCUT2D eigenvalue weighted by Gasteiger charge is -2.09. The Morgan fingerprint density at radius 2 is 2.04 bits per heavy atom. The van der Waals surface area contributed by atoms with E-state index in [1.54, 1.807) is 6.92 Å². The number of hydrogen-bond acceptors (Lipinski definition) is 5. The number of rotatable bonds is 6. The quantitative estimate of drug-likeness (QED) is 0.610. The second kappa shape index (κ2) is 8.10. The van der Waals surface area contributed by atoms with E-state index in [2.05, 4.69) is 22.5 Å². The zero-order valence-corrected chi connectivity index (χ0v) is 15.3. The molecule has 2 N–H and O–H groups in total. The van der Waals surface area contributed by atoms with Gasteiger partial charge in [0.25, 0.3) is 0 Å². The minimum atomic E-state index is -0.443. The lowest BCUT2D eigenvalue weighted by molar-refractivity contribution is 0.0533. The van der Waals surface area contributed by atoms with E-state index in [-0.39, 0.29) is 12.6 Å². The number of ether oxygens (including phenoxy) is 1. The first-order valence-corrected chi connectivity index (χ1v) is 8.92. The Hall–Kier alpha value is -2.15. The molecule has 7 heteroatoms. The number of aromatic nitrogens is 1. The van der Waals surface area contributed by atoms with Crippen LogP contribution >= 0.6 is 11.3 Å². The summed E-state index contributed by atoms with van der Waals surface area (Å²) in [5.41, 5.74) is 2.32. The number of urea groups is 1. The summed E-state index contributed by atoms with van der Waals surface area (Å²) in [6.07, 6.45) is 1.90. The average molecular weight is 349 g/mol. The van der Waals surface area contributed by atoms with Crippen LogP contribution in [0.5, 0.6) is 0 Å². The number of esters is 1. The van der Waals surface area contributed by atoms with Gasteiger partial charge >= 0.3 is 12.0 Å². The van der Waals surface area contributed by atoms with Gasteiger partial charge in [0.05, 0.1) is 12.3 Å². The Kier molecular flexibility index (Phi) is 6.14. The number of hydrogen-bond donors (Lipinski definition) is 2. The summed E-state index contributed by atoms with van der Waals surface area (Å²) in [5, 5.41) is 6.40. The summed E-state index contributed by atoms with van der Waals surface area (Å²) < 4.78 is 5.12. The third kappa shape index (κ3) is 4.03. The number of nitrogens with one attached hydrogen (secondary N) is 2. The van der Waals surface area contributed by atoms with E-state index in [1.807, 2.05) is 19.9 Å². The van der Waals surface area contributed by atoms with Gasteiger partial charge < -0.3 is 15.4 Å². The molecular weight excluding hydrogens is 326 g/mol. The highest BCUT2D eigenvalue weighted by molar-refractivity contribution is 7.21. The van der Waals surface area contributed by atoms with Crippen LogP contribution in [0.3, 0.4) is 0 Å². The minimum absolute atomic E-state index is 0.278. The predicted octanol–water partition coefficient (Wildman–Crippen LogP) is 4.01. The molecule has 0 saturated heterocycles. The smallest absolute Gasteiger partial charge is 0.350 e. The van der Waals surface area contributed by atoms with Gasteiger partial charge in [-0.3, -0.25) is 0 Å². The Labute approximate surface area is 145 Å². The molecule has 0 bridgehead atoms. The van der Waals surface area contributed by atoms with Crippen LogP contribution in [0.25, 0.3) is 10.2 Å². The maximum Gasteiger partial charge on any atom is 0.350 e. The van der Waals surface area contributed by atoms with E-state index in [9.17, 15) is 9.59 Å². The van der Waals surface area contributed by atoms with Gasteiger partial charge in [0.1, 0.15) is 9.71 Å². The van der Waals surface area contributed by atoms with E-state index in [1.165, 1.54) is 11.3 Å². The Bertz CT molecular complexity index is 755. The molecule has 130 valence electrons. The SMILES string of the molecule is CCCCNC(=O)Nc1c(C(=O)OCC)sc2nc(C)cc(C)c12. The molecule has 0 atom stereocenters. The van der Waals surface area contributed by atoms with Crippen molar-refractivity contribution < 1.29 is 14.3 Å². The highest BCUT2D eigenvalue weighted by Crippen LogP contribution is 2.37. The third-order valence-corrected chi connectivity index (χ3v) is 4.57. The highest BCUT2D eigenvalue weighted by atomic mass is 32.1. The van der Waals surface area contributed by atoms with Gasteiger partial charge in [0.15, 0.2) is 0 Å². The molecule has 2 amide bonds. The zero-order valence-electron chi connectivity index (χ0n) is 14.5. The van der Waals surface area contributed by atoms with Crippen molar-refractivity contribution in [1.29, 1.82) is 0 Å². The van der Waals surface area contributed by atoms with Crippen molar-refractivity contribution in [2.45, 2.75) is 40.5 Å². The number of carbonyl (C=O) groups excluding carboxylic acids is 2. The van der Waals surface area contributed by atoms with Crippen molar-refractivity contribution in [2.24, 2.45) is 0 Å². The average Bonchev–Trinajstić information content (AvgIpc) is 2.86. The number of carbonyl (C=O) groups is 2. The molecule has 0 aliphatic rings. The Morgan fingerprint density at radius 1 is 1.29 bits per heavy atom. The summed E-state index contributed by atoms with van der Waals surface area (Å²) in [7, 11) is 0. The fourth-order valence-electron chi connectivity index (χ4n) is 2.44. The lowest BCUT2D eigenvalue weighted by atomic mass is 10.1. The van der Waals surface area contributed by atoms with Gasteiger partial charge in [-0.25, -0.2) is 14.6 Å². The normalized spacial score (nSPS) is 10.7. The molecule has 0 unspecified atom stereocenters. The molecule has 0 fully saturated rings. The van der Waals surface area contributed by atoms with Gasteiger partial charge in [0.2, 0.25) is 0 Å². The summed E-state index contributed by atoms with van der Waals surface area (Å²) in [5.74, 6) is -0.443. The van der Waals surface area contributed by atoms with Crippen LogP contribution in [0.4, 0.5) is 10.5 Å². The molecule has 24 heavy (non-hydrogen) atoms. The van der Waals surface area contributed by atoms with Gasteiger partial charge in [-0.2, -0.15) is 0 Å². The van der Waals surface area contributed by atoms with Crippen molar-refractivity contribution >= 4 is 39.2 Å². The van der Waals surface area contributed by atoms with Crippen LogP contribution in [0.15, 0.2) is 6.07 Å². The molecule has 0 aliphatic heterocycles. The van der Waals surface area contributed by atoms with Crippen LogP contribution in [-0.4, -0.2) is 30.1 Å². The van der Waals surface area contributed by atoms with Gasteiger partial charge in [-0.1, -0.05) is 13.3 Å². The van der Waals surface area contributed by atoms with Crippen LogP contribution in [0, 0.1) is 13.8 Å². The molecule has 6 nitrogen and oxygen atoms in total. The molecule has 0 aliphatic carbocycles. The summed E-state index contributed by atoms with van der Waals surface area (Å²) in [6.45, 7) is 8.53. The number of pyridine rings is 1. The van der Waals surface area contributed by atoms with E-state index < -0.39 is 5.97 Å². The first-order chi connectivity index (χ1) is 11.5. The van der Waals surface area contributed by atoms with Gasteiger partial charge in [-0.05, 0) is 38.8 Å². The second-order valence-electron chi connectivity index (χ2n) is 5.52. The number of unbranched alkanes of at least 4 members (excludes halogenated alkanes) is 1. The van der Waals surface area contributed by atoms with E-state index in [4.69, 9.17) is 4.74 Å². The molecule has 0 aromatic carbocycles. The minimum Gasteiger partial charge on any atom is -0.462 e. The van der Waals surface area contributed by atoms with Crippen molar-refractivity contribution in [1.82, 2.24) is 10.3 Å². The second-order valence-corrected chi connectivity index (χ2v) is 6.52. The van der Waals surface area contributed by atoms with E-state index in [0.29, 0.717) is 17.1 Å². The first kappa shape index (κ1) is 18.2. The van der Waals surface area contributed by atoms with Crippen molar-refractivity contribution in [3.63, 3.8) is 0 Å². The number of anilines is 1. The van der Waals surface area contributed by atoms with Crippen LogP contribution < -0.4 is 10.6 Å². The summed E-state index contributed by atoms with van der Waals surface area (Å²) in [4.78, 5) is 30.0. The maximum absolute atomic E-state index is 12.3. The number of nitrogens with zero attached hydrogens (tertiary/aromatic N) is 1. The molecule has 2 rings (SSSR count). The van der Waals surface area contributed by atoms with Crippen LogP contribution in [0.1, 0.15) is 47.6 Å². The number of fused-ring (bicyclic) bond motifs is 1. The number of amides is 2. The Morgan fingerprint density at radius 3 is 2.71 bits per heavy atom. The molecule has 0 spiro atoms. The summed E-state index contributed by atoms with van der Waals surface area (Å²) >= 11 is 1.24. The molecular formula is C17H23N3O3S. The number of thiophene rings is 1. The van der Waals surface area contributed by atoms with Crippen LogP contribution in [0.2, 0.25) is 0 Å². The molecule has 2 aromatic rings. The first-order valence-electron chi connectivity index (χ1n) is 8.10. The fraction of sp³-hybridized carbons (Fsp3) is 0.471. The predicted molar refractivity (Wildman–Crippen MR) is 97.0 cm³/mol. The topological polar surface area (TPSA) is 80.3 Å². The molecule has 2 aromatic heterocycles. The number of aryl methyl sites for hydroxylation is 2. The zero-order chi connectivity index (χ0) is 17.7. The van der Waals surface area contributed by atoms with Crippen molar-refractivity contribution in [2.75, 3.05) is 18.5 Å². The molecule has 0 radical (unpaired) electrons. The lowest BCUT2D eigenvalue weighted by Crippen LogP contribution is -2.30. The summed E-state index contributed by atoms with van der Waals surface area (Å²) in [6, 6.07) is 1.61. The maximum atomic E-state index is 12.3. The van der Waals surface area contributed by atoms with Crippen molar-refractivity contribution in [3.8, 4) is 0 Å². The van der Waals surface area contributed by atoms with E-state index >= 15 is 0 Å². The van der Waals surface area contributed by atoms with Gasteiger partial charge in [-0.15, -0.1) is 11.3 Å². The van der Waals surface area contributed by atoms with E-state index in [0.717, 1.165) is 34.3 Å². The van der Waals surface area contributed by atoms with Crippen LogP contribution in [-0.2, 0) is 4.74 Å². The highest BCUT2D eigenvalue weighted by Gasteiger charge is 2.23.